The predicted octanol–water partition coefficient (Wildman–Crippen LogP) is 5.11. The second-order valence-electron chi connectivity index (χ2n) is 6.64. The van der Waals surface area contributed by atoms with Gasteiger partial charge in [0, 0.05) is 42.5 Å². The van der Waals surface area contributed by atoms with E-state index in [-0.39, 0.29) is 0 Å². The Hall–Kier alpha value is -2.86. The van der Waals surface area contributed by atoms with Gasteiger partial charge >= 0.3 is 0 Å². The van der Waals surface area contributed by atoms with Gasteiger partial charge in [-0.3, -0.25) is 10.4 Å². The van der Waals surface area contributed by atoms with Gasteiger partial charge in [0.05, 0.1) is 5.69 Å². The lowest BCUT2D eigenvalue weighted by atomic mass is 10.0. The fraction of sp³-hybridized carbons (Fsp3) is 0.130. The van der Waals surface area contributed by atoms with Gasteiger partial charge in [-0.25, -0.2) is 9.99 Å². The van der Waals surface area contributed by atoms with E-state index in [1.54, 1.807) is 17.5 Å². The Balaban J connectivity index is 1.55. The molecule has 0 bridgehead atoms. The highest BCUT2D eigenvalue weighted by Crippen LogP contribution is 2.30. The Morgan fingerprint density at radius 2 is 1.71 bits per heavy atom. The van der Waals surface area contributed by atoms with Crippen LogP contribution in [0.15, 0.2) is 78.4 Å². The maximum Gasteiger partial charge on any atom is 0.125 e. The van der Waals surface area contributed by atoms with E-state index in [4.69, 9.17) is 4.98 Å². The molecule has 140 valence electrons. The summed E-state index contributed by atoms with van der Waals surface area (Å²) in [6, 6.07) is 21.3. The Bertz CT molecular complexity index is 1040. The molecule has 0 amide bonds. The minimum atomic E-state index is 0.859. The Labute approximate surface area is 169 Å². The lowest BCUT2D eigenvalue weighted by Gasteiger charge is -2.15. The zero-order valence-corrected chi connectivity index (χ0v) is 16.8. The molecule has 0 fully saturated rings. The van der Waals surface area contributed by atoms with Crippen LogP contribution in [0.2, 0.25) is 0 Å². The molecule has 0 aliphatic carbocycles. The van der Waals surface area contributed by atoms with Crippen molar-refractivity contribution in [2.75, 3.05) is 14.1 Å². The summed E-state index contributed by atoms with van der Waals surface area (Å²) in [5.41, 5.74) is 10.0. The van der Waals surface area contributed by atoms with Gasteiger partial charge in [-0.1, -0.05) is 42.5 Å². The third kappa shape index (κ3) is 4.17. The van der Waals surface area contributed by atoms with Crippen molar-refractivity contribution < 1.29 is 0 Å². The summed E-state index contributed by atoms with van der Waals surface area (Å²) in [6.07, 6.45) is 3.63. The fourth-order valence-corrected chi connectivity index (χ4v) is 3.88. The molecule has 28 heavy (non-hydrogen) atoms. The zero-order valence-electron chi connectivity index (χ0n) is 16.0. The molecule has 1 N–H and O–H groups in total. The predicted molar refractivity (Wildman–Crippen MR) is 117 cm³/mol. The molecule has 0 radical (unpaired) electrons. The van der Waals surface area contributed by atoms with Crippen molar-refractivity contribution in [3.05, 3.63) is 84.0 Å². The van der Waals surface area contributed by atoms with Crippen LogP contribution in [0.4, 0.5) is 0 Å². The van der Waals surface area contributed by atoms with E-state index in [0.29, 0.717) is 0 Å². The average Bonchev–Trinajstić information content (AvgIpc) is 3.25. The van der Waals surface area contributed by atoms with Crippen molar-refractivity contribution in [3.8, 4) is 33.0 Å². The van der Waals surface area contributed by atoms with Crippen LogP contribution in [-0.4, -0.2) is 29.1 Å². The number of benzene rings is 2. The Morgan fingerprint density at radius 3 is 2.46 bits per heavy atom. The van der Waals surface area contributed by atoms with E-state index in [9.17, 15) is 0 Å². The average molecular weight is 387 g/mol. The first-order chi connectivity index (χ1) is 13.7. The molecule has 0 aliphatic heterocycles. The summed E-state index contributed by atoms with van der Waals surface area (Å²) in [5.74, 6) is 0. The lowest BCUT2D eigenvalue weighted by Crippen LogP contribution is -2.29. The smallest absolute Gasteiger partial charge is 0.125 e. The second kappa shape index (κ2) is 8.44. The van der Waals surface area contributed by atoms with Gasteiger partial charge in [0.15, 0.2) is 0 Å². The topological polar surface area (TPSA) is 41.0 Å². The van der Waals surface area contributed by atoms with Crippen LogP contribution in [0.1, 0.15) is 5.56 Å². The maximum absolute atomic E-state index is 4.78. The van der Waals surface area contributed by atoms with Gasteiger partial charge in [-0.15, -0.1) is 11.3 Å². The molecule has 0 spiro atoms. The Kier molecular flexibility index (Phi) is 5.58. The molecule has 0 saturated carbocycles. The number of pyridine rings is 1. The quantitative estimate of drug-likeness (QED) is 0.468. The lowest BCUT2D eigenvalue weighted by molar-refractivity contribution is 0.252. The van der Waals surface area contributed by atoms with E-state index >= 15 is 0 Å². The summed E-state index contributed by atoms with van der Waals surface area (Å²) in [5, 5.41) is 5.16. The van der Waals surface area contributed by atoms with Gasteiger partial charge < -0.3 is 0 Å². The summed E-state index contributed by atoms with van der Waals surface area (Å²) in [4.78, 5) is 8.95. The van der Waals surface area contributed by atoms with E-state index < -0.39 is 0 Å². The van der Waals surface area contributed by atoms with Gasteiger partial charge in [-0.2, -0.15) is 0 Å². The molecule has 2 aromatic carbocycles. The molecule has 0 atom stereocenters. The summed E-state index contributed by atoms with van der Waals surface area (Å²) in [6.45, 7) is 0.859. The normalized spacial score (nSPS) is 11.1. The number of aromatic nitrogens is 2. The first kappa shape index (κ1) is 18.5. The number of nitrogens with zero attached hydrogens (tertiary/aromatic N) is 3. The largest absolute Gasteiger partial charge is 0.264 e. The highest BCUT2D eigenvalue weighted by molar-refractivity contribution is 7.13. The molecule has 4 aromatic rings. The van der Waals surface area contributed by atoms with Crippen molar-refractivity contribution in [3.63, 3.8) is 0 Å². The molecule has 0 aliphatic rings. The number of hydrazine groups is 1. The van der Waals surface area contributed by atoms with Crippen LogP contribution >= 0.6 is 11.3 Å². The number of hydrogen-bond acceptors (Lipinski definition) is 5. The van der Waals surface area contributed by atoms with Gasteiger partial charge in [-0.05, 0) is 41.9 Å². The molecule has 0 saturated heterocycles. The number of rotatable bonds is 6. The van der Waals surface area contributed by atoms with E-state index in [1.165, 1.54) is 16.7 Å². The first-order valence-electron chi connectivity index (χ1n) is 9.17. The van der Waals surface area contributed by atoms with Crippen molar-refractivity contribution in [1.82, 2.24) is 20.4 Å². The van der Waals surface area contributed by atoms with Crippen LogP contribution < -0.4 is 5.43 Å². The van der Waals surface area contributed by atoms with Crippen molar-refractivity contribution >= 4 is 11.3 Å². The standard InChI is InChI=1S/C23H22N4S/c1-24-27(2)15-17-5-3-6-20(13-17)18-8-10-19(11-9-18)22-16-28-23(26-22)21-7-4-12-25-14-21/h3-14,16,24H,15H2,1-2H3. The van der Waals surface area contributed by atoms with Crippen LogP contribution in [0.5, 0.6) is 0 Å². The molecular formula is C23H22N4S. The van der Waals surface area contributed by atoms with Crippen LogP contribution in [0, 0.1) is 0 Å². The highest BCUT2D eigenvalue weighted by Gasteiger charge is 2.08. The van der Waals surface area contributed by atoms with Crippen molar-refractivity contribution in [2.24, 2.45) is 0 Å². The van der Waals surface area contributed by atoms with Gasteiger partial charge in [0.1, 0.15) is 5.01 Å². The van der Waals surface area contributed by atoms with Crippen molar-refractivity contribution in [1.29, 1.82) is 0 Å². The third-order valence-electron chi connectivity index (χ3n) is 4.66. The summed E-state index contributed by atoms with van der Waals surface area (Å²) >= 11 is 1.65. The highest BCUT2D eigenvalue weighted by atomic mass is 32.1. The van der Waals surface area contributed by atoms with E-state index in [0.717, 1.165) is 28.4 Å². The van der Waals surface area contributed by atoms with Crippen molar-refractivity contribution in [2.45, 2.75) is 6.54 Å². The Morgan fingerprint density at radius 1 is 0.929 bits per heavy atom. The summed E-state index contributed by atoms with van der Waals surface area (Å²) in [7, 11) is 3.97. The SMILES string of the molecule is CNN(C)Cc1cccc(-c2ccc(-c3csc(-c4cccnc4)n3)cc2)c1. The first-order valence-corrected chi connectivity index (χ1v) is 10.0. The molecule has 2 aromatic heterocycles. The minimum absolute atomic E-state index is 0.859. The second-order valence-corrected chi connectivity index (χ2v) is 7.50. The molecule has 2 heterocycles. The summed E-state index contributed by atoms with van der Waals surface area (Å²) < 4.78 is 0. The third-order valence-corrected chi connectivity index (χ3v) is 5.55. The number of thiazole rings is 1. The molecule has 4 nitrogen and oxygen atoms in total. The van der Waals surface area contributed by atoms with Crippen LogP contribution in [-0.2, 0) is 6.54 Å². The van der Waals surface area contributed by atoms with Gasteiger partial charge in [0.25, 0.3) is 0 Å². The zero-order chi connectivity index (χ0) is 19.3. The monoisotopic (exact) mass is 386 g/mol. The number of hydrogen-bond donors (Lipinski definition) is 1. The molecule has 4 rings (SSSR count). The van der Waals surface area contributed by atoms with Gasteiger partial charge in [0.2, 0.25) is 0 Å². The maximum atomic E-state index is 4.78. The van der Waals surface area contributed by atoms with E-state index in [1.807, 2.05) is 32.4 Å². The number of nitrogens with one attached hydrogen (secondary N) is 1. The molecular weight excluding hydrogens is 364 g/mol. The molecule has 5 heteroatoms. The molecule has 0 unspecified atom stereocenters. The van der Waals surface area contributed by atoms with Crippen LogP contribution in [0.3, 0.4) is 0 Å². The van der Waals surface area contributed by atoms with E-state index in [2.05, 4.69) is 69.3 Å². The van der Waals surface area contributed by atoms with Crippen LogP contribution in [0.25, 0.3) is 33.0 Å². The minimum Gasteiger partial charge on any atom is -0.264 e. The fourth-order valence-electron chi connectivity index (χ4n) is 3.06.